The maximum absolute atomic E-state index is 6.66. The Kier molecular flexibility index (Phi) is 12.3. The lowest BCUT2D eigenvalue weighted by molar-refractivity contribution is 0.672. The molecule has 94 heavy (non-hydrogen) atoms. The molecule has 0 saturated heterocycles. The molecule has 0 aliphatic rings. The molecule has 0 aliphatic heterocycles. The van der Waals surface area contributed by atoms with E-state index >= 15 is 0 Å². The van der Waals surface area contributed by atoms with Crippen molar-refractivity contribution in [2.24, 2.45) is 0 Å². The van der Waals surface area contributed by atoms with E-state index in [1.54, 1.807) is 0 Å². The van der Waals surface area contributed by atoms with Crippen LogP contribution < -0.4 is 0 Å². The fourth-order valence-corrected chi connectivity index (χ4v) is 15.6. The van der Waals surface area contributed by atoms with Crippen molar-refractivity contribution >= 4 is 130 Å². The Balaban J connectivity index is 0.000000133. The summed E-state index contributed by atoms with van der Waals surface area (Å²) in [4.78, 5) is 0. The Bertz CT molecular complexity index is 6330. The topological polar surface area (TPSA) is 26.3 Å². The van der Waals surface area contributed by atoms with Crippen molar-refractivity contribution in [2.75, 3.05) is 0 Å². The lowest BCUT2D eigenvalue weighted by atomic mass is 9.85. The van der Waals surface area contributed by atoms with Gasteiger partial charge in [0, 0.05) is 32.3 Å². The van der Waals surface area contributed by atoms with Crippen molar-refractivity contribution in [1.82, 2.24) is 0 Å². The van der Waals surface area contributed by atoms with Crippen molar-refractivity contribution in [2.45, 2.75) is 0 Å². The highest BCUT2D eigenvalue weighted by Crippen LogP contribution is 2.50. The summed E-state index contributed by atoms with van der Waals surface area (Å²) in [7, 11) is 0. The minimum Gasteiger partial charge on any atom is -0.455 e. The lowest BCUT2D eigenvalue weighted by Crippen LogP contribution is -1.91. The summed E-state index contributed by atoms with van der Waals surface area (Å²) in [5, 5.41) is 24.3. The van der Waals surface area contributed by atoms with Gasteiger partial charge in [-0.3, -0.25) is 0 Å². The van der Waals surface area contributed by atoms with E-state index in [2.05, 4.69) is 340 Å². The molecule has 0 unspecified atom stereocenters. The number of benzene rings is 18. The third-order valence-corrected chi connectivity index (χ3v) is 19.7. The van der Waals surface area contributed by atoms with Gasteiger partial charge in [-0.2, -0.15) is 0 Å². The molecule has 18 aromatic carbocycles. The Labute approximate surface area is 542 Å². The molecule has 0 N–H and O–H groups in total. The Morgan fingerprint density at radius 1 is 0.138 bits per heavy atom. The molecule has 0 spiro atoms. The first-order valence-corrected chi connectivity index (χ1v) is 32.4. The van der Waals surface area contributed by atoms with Crippen LogP contribution in [0.4, 0.5) is 0 Å². The zero-order valence-electron chi connectivity index (χ0n) is 51.1. The Morgan fingerprint density at radius 3 is 0.766 bits per heavy atom. The average molecular weight is 1190 g/mol. The molecule has 2 nitrogen and oxygen atoms in total. The van der Waals surface area contributed by atoms with Crippen molar-refractivity contribution in [1.29, 1.82) is 0 Å². The van der Waals surface area contributed by atoms with E-state index in [1.165, 1.54) is 153 Å². The standard InChI is InChI=1S/2C46H28O/c1-2-13-29(14-3-1)30-15-12-16-31(27-30)43-36-20-7-9-22-38(36)44(39-23-10-8-21-37(39)43)32-25-26-42-41(28-32)45-35-19-6-4-17-33(35)34-18-5-11-24-40(34)46(45)47-42;1-2-12-29(13-3-1)30-22-24-31(25-23-30)43-36-17-7-9-19-38(36)44(39-20-10-8-18-37(39)43)32-26-27-42-41(28-32)45-35-16-6-4-14-33(35)34-15-5-11-21-40(34)46(45)47-42/h2*1-28H. The molecular weight excluding hydrogens is 1140 g/mol. The van der Waals surface area contributed by atoms with Crippen LogP contribution in [0.15, 0.2) is 349 Å². The van der Waals surface area contributed by atoms with Crippen LogP contribution in [-0.2, 0) is 0 Å². The third-order valence-electron chi connectivity index (χ3n) is 19.7. The molecule has 436 valence electrons. The van der Waals surface area contributed by atoms with Crippen LogP contribution in [0.25, 0.3) is 197 Å². The van der Waals surface area contributed by atoms with Crippen molar-refractivity contribution in [3.63, 3.8) is 0 Å². The van der Waals surface area contributed by atoms with E-state index in [-0.39, 0.29) is 0 Å². The first-order chi connectivity index (χ1) is 46.7. The van der Waals surface area contributed by atoms with E-state index in [9.17, 15) is 0 Å². The van der Waals surface area contributed by atoms with Crippen molar-refractivity contribution in [3.8, 4) is 66.8 Å². The van der Waals surface area contributed by atoms with E-state index < -0.39 is 0 Å². The minimum absolute atomic E-state index is 0.910. The molecule has 20 rings (SSSR count). The minimum atomic E-state index is 0.910. The molecule has 0 aliphatic carbocycles. The second-order valence-electron chi connectivity index (χ2n) is 24.8. The molecule has 0 saturated carbocycles. The second-order valence-corrected chi connectivity index (χ2v) is 24.8. The van der Waals surface area contributed by atoms with E-state index in [0.717, 1.165) is 43.9 Å². The van der Waals surface area contributed by atoms with Gasteiger partial charge in [-0.1, -0.05) is 309 Å². The van der Waals surface area contributed by atoms with Crippen LogP contribution in [0.3, 0.4) is 0 Å². The van der Waals surface area contributed by atoms with Gasteiger partial charge >= 0.3 is 0 Å². The summed E-state index contributed by atoms with van der Waals surface area (Å²) in [6, 6.07) is 123. The van der Waals surface area contributed by atoms with E-state index in [0.29, 0.717) is 0 Å². The van der Waals surface area contributed by atoms with Gasteiger partial charge in [-0.05, 0) is 173 Å². The number of furan rings is 2. The fourth-order valence-electron chi connectivity index (χ4n) is 15.6. The van der Waals surface area contributed by atoms with Crippen molar-refractivity contribution in [3.05, 3.63) is 340 Å². The molecule has 2 aromatic heterocycles. The molecule has 0 radical (unpaired) electrons. The van der Waals surface area contributed by atoms with Crippen LogP contribution in [0, 0.1) is 0 Å². The SMILES string of the molecule is c1ccc(-c2ccc(-c3c4ccccc4c(-c4ccc5oc6c7ccccc7c7ccccc7c6c5c4)c4ccccc34)cc2)cc1.c1ccc(-c2cccc(-c3c4ccccc4c(-c4ccc5oc6c7ccccc7c7ccccc7c6c5c4)c4ccccc34)c2)cc1. The summed E-state index contributed by atoms with van der Waals surface area (Å²) >= 11 is 0. The first kappa shape index (κ1) is 53.5. The van der Waals surface area contributed by atoms with Gasteiger partial charge in [0.2, 0.25) is 0 Å². The number of hydrogen-bond acceptors (Lipinski definition) is 2. The highest BCUT2D eigenvalue weighted by atomic mass is 16.3. The predicted octanol–water partition coefficient (Wildman–Crippen LogP) is 26.4. The maximum atomic E-state index is 6.66. The fraction of sp³-hybridized carbons (Fsp3) is 0. The summed E-state index contributed by atoms with van der Waals surface area (Å²) in [5.74, 6) is 0. The van der Waals surface area contributed by atoms with Crippen molar-refractivity contribution < 1.29 is 8.83 Å². The summed E-state index contributed by atoms with van der Waals surface area (Å²) in [6.07, 6.45) is 0. The Hall–Kier alpha value is -12.4. The highest BCUT2D eigenvalue weighted by Gasteiger charge is 2.23. The number of rotatable bonds is 6. The quantitative estimate of drug-likeness (QED) is 0.123. The van der Waals surface area contributed by atoms with Gasteiger partial charge in [-0.15, -0.1) is 0 Å². The molecule has 0 bridgehead atoms. The molecule has 20 aromatic rings. The molecule has 0 fully saturated rings. The van der Waals surface area contributed by atoms with Crippen LogP contribution in [0.2, 0.25) is 0 Å². The average Bonchev–Trinajstić information content (AvgIpc) is 1.40. The van der Waals surface area contributed by atoms with Crippen LogP contribution in [-0.4, -0.2) is 0 Å². The van der Waals surface area contributed by atoms with E-state index in [4.69, 9.17) is 8.83 Å². The second kappa shape index (κ2) is 21.7. The van der Waals surface area contributed by atoms with Gasteiger partial charge in [0.15, 0.2) is 0 Å². The van der Waals surface area contributed by atoms with Gasteiger partial charge in [0.1, 0.15) is 22.3 Å². The monoisotopic (exact) mass is 1190 g/mol. The zero-order chi connectivity index (χ0) is 61.8. The van der Waals surface area contributed by atoms with Gasteiger partial charge in [0.25, 0.3) is 0 Å². The van der Waals surface area contributed by atoms with Gasteiger partial charge < -0.3 is 8.83 Å². The molecule has 2 heteroatoms. The molecular formula is C92H56O2. The molecule has 0 amide bonds. The summed E-state index contributed by atoms with van der Waals surface area (Å²) in [5.41, 5.74) is 18.5. The third kappa shape index (κ3) is 8.43. The van der Waals surface area contributed by atoms with Gasteiger partial charge in [0.05, 0.1) is 0 Å². The summed E-state index contributed by atoms with van der Waals surface area (Å²) in [6.45, 7) is 0. The number of hydrogen-bond donors (Lipinski definition) is 0. The lowest BCUT2D eigenvalue weighted by Gasteiger charge is -2.18. The maximum Gasteiger partial charge on any atom is 0.143 e. The van der Waals surface area contributed by atoms with Crippen LogP contribution >= 0.6 is 0 Å². The highest BCUT2D eigenvalue weighted by molar-refractivity contribution is 6.33. The first-order valence-electron chi connectivity index (χ1n) is 32.4. The molecule has 0 atom stereocenters. The zero-order valence-corrected chi connectivity index (χ0v) is 51.1. The largest absolute Gasteiger partial charge is 0.455 e. The van der Waals surface area contributed by atoms with Crippen LogP contribution in [0.1, 0.15) is 0 Å². The smallest absolute Gasteiger partial charge is 0.143 e. The number of fused-ring (bicyclic) bond motifs is 20. The Morgan fingerprint density at radius 2 is 0.383 bits per heavy atom. The van der Waals surface area contributed by atoms with Crippen LogP contribution in [0.5, 0.6) is 0 Å². The normalized spacial score (nSPS) is 11.8. The van der Waals surface area contributed by atoms with E-state index in [1.807, 2.05) is 0 Å². The summed E-state index contributed by atoms with van der Waals surface area (Å²) < 4.78 is 13.3. The molecule has 2 heterocycles. The van der Waals surface area contributed by atoms with Gasteiger partial charge in [-0.25, -0.2) is 0 Å². The predicted molar refractivity (Wildman–Crippen MR) is 400 cm³/mol.